The molecular weight excluding hydrogens is 524 g/mol. The fourth-order valence-corrected chi connectivity index (χ4v) is 4.47. The number of thiocarbonyl (C=S) groups is 1. The normalized spacial score (nSPS) is 13.4. The number of nitrogens with one attached hydrogen (secondary N) is 2. The van der Waals surface area contributed by atoms with Crippen LogP contribution in [0.3, 0.4) is 0 Å². The summed E-state index contributed by atoms with van der Waals surface area (Å²) >= 11 is 11.8. The van der Waals surface area contributed by atoms with E-state index >= 15 is 0 Å². The molecule has 0 saturated carbocycles. The number of hydrogen-bond acceptors (Lipinski definition) is 6. The van der Waals surface area contributed by atoms with Crippen molar-refractivity contribution in [3.8, 4) is 5.75 Å². The zero-order valence-electron chi connectivity index (χ0n) is 21.0. The lowest BCUT2D eigenvalue weighted by atomic mass is 10.1. The number of piperazine rings is 1. The molecule has 1 fully saturated rings. The predicted molar refractivity (Wildman–Crippen MR) is 154 cm³/mol. The topological polar surface area (TPSA) is 87.0 Å². The Morgan fingerprint density at radius 2 is 1.87 bits per heavy atom. The fraction of sp³-hybridized carbons (Fsp3) is 0.250. The number of carbonyl (C=O) groups excluding carboxylic acids is 2. The predicted octanol–water partition coefficient (Wildman–Crippen LogP) is 5.21. The number of halogens is 1. The molecule has 2 N–H and O–H groups in total. The molecule has 1 aliphatic heterocycles. The number of carbonyl (C=O) groups is 2. The first-order valence-corrected chi connectivity index (χ1v) is 13.1. The van der Waals surface area contributed by atoms with E-state index in [1.165, 1.54) is 12.3 Å². The molecule has 0 unspecified atom stereocenters. The largest absolute Gasteiger partial charge is 0.494 e. The molecule has 1 aromatic heterocycles. The fourth-order valence-electron chi connectivity index (χ4n) is 3.95. The Kier molecular flexibility index (Phi) is 9.40. The van der Waals surface area contributed by atoms with Crippen molar-refractivity contribution in [2.75, 3.05) is 43.0 Å². The molecule has 4 rings (SSSR count). The smallest absolute Gasteiger partial charge is 0.253 e. The van der Waals surface area contributed by atoms with Crippen LogP contribution in [0.25, 0.3) is 6.08 Å². The Hall–Kier alpha value is -3.82. The van der Waals surface area contributed by atoms with Gasteiger partial charge in [0.25, 0.3) is 5.91 Å². The van der Waals surface area contributed by atoms with Gasteiger partial charge in [-0.15, -0.1) is 0 Å². The number of nitrogens with zero attached hydrogens (tertiary/aromatic N) is 2. The SMILES string of the molecule is CCCOc1ccc(C(=O)N2CCN(c3ccc(NC(=S)NC(=O)/C=C/c4ccco4)cc3Cl)CC2)cc1. The van der Waals surface area contributed by atoms with Crippen LogP contribution in [0, 0.1) is 0 Å². The average Bonchev–Trinajstić information content (AvgIpc) is 3.45. The summed E-state index contributed by atoms with van der Waals surface area (Å²) < 4.78 is 10.8. The first-order valence-electron chi connectivity index (χ1n) is 12.3. The molecule has 0 aliphatic carbocycles. The number of furan rings is 1. The molecule has 2 amide bonds. The number of benzene rings is 2. The molecule has 1 aliphatic rings. The Morgan fingerprint density at radius 3 is 2.53 bits per heavy atom. The molecule has 0 radical (unpaired) electrons. The van der Waals surface area contributed by atoms with Crippen LogP contribution in [0.4, 0.5) is 11.4 Å². The number of ether oxygens (including phenoxy) is 1. The van der Waals surface area contributed by atoms with Crippen LogP contribution >= 0.6 is 23.8 Å². The van der Waals surface area contributed by atoms with Crippen molar-refractivity contribution in [3.05, 3.63) is 83.3 Å². The lowest BCUT2D eigenvalue weighted by Crippen LogP contribution is -2.48. The summed E-state index contributed by atoms with van der Waals surface area (Å²) in [6.07, 6.45) is 5.35. The summed E-state index contributed by atoms with van der Waals surface area (Å²) in [4.78, 5) is 29.0. The molecule has 2 aromatic carbocycles. The molecule has 2 heterocycles. The van der Waals surface area contributed by atoms with Crippen LogP contribution in [-0.2, 0) is 4.79 Å². The van der Waals surface area contributed by atoms with Gasteiger partial charge in [-0.1, -0.05) is 18.5 Å². The molecule has 8 nitrogen and oxygen atoms in total. The first kappa shape index (κ1) is 27.2. The Labute approximate surface area is 232 Å². The van der Waals surface area contributed by atoms with E-state index in [0.29, 0.717) is 54.8 Å². The Morgan fingerprint density at radius 1 is 1.11 bits per heavy atom. The number of hydrogen-bond donors (Lipinski definition) is 2. The summed E-state index contributed by atoms with van der Waals surface area (Å²) in [5.74, 6) is 0.964. The van der Waals surface area contributed by atoms with Crippen molar-refractivity contribution < 1.29 is 18.7 Å². The minimum Gasteiger partial charge on any atom is -0.494 e. The molecule has 0 bridgehead atoms. The third kappa shape index (κ3) is 7.36. The van der Waals surface area contributed by atoms with Crippen LogP contribution in [-0.4, -0.2) is 54.6 Å². The molecular formula is C28H29ClN4O4S. The summed E-state index contributed by atoms with van der Waals surface area (Å²) in [5.41, 5.74) is 2.17. The van der Waals surface area contributed by atoms with Crippen molar-refractivity contribution in [1.29, 1.82) is 0 Å². The van der Waals surface area contributed by atoms with Crippen LogP contribution in [0.15, 0.2) is 71.4 Å². The maximum Gasteiger partial charge on any atom is 0.253 e. The highest BCUT2D eigenvalue weighted by Gasteiger charge is 2.23. The monoisotopic (exact) mass is 552 g/mol. The average molecular weight is 553 g/mol. The highest BCUT2D eigenvalue weighted by molar-refractivity contribution is 7.80. The highest BCUT2D eigenvalue weighted by atomic mass is 35.5. The van der Waals surface area contributed by atoms with E-state index < -0.39 is 0 Å². The Balaban J connectivity index is 1.27. The van der Waals surface area contributed by atoms with Gasteiger partial charge in [0.15, 0.2) is 5.11 Å². The number of anilines is 2. The molecule has 0 spiro atoms. The number of amides is 2. The maximum absolute atomic E-state index is 12.9. The van der Waals surface area contributed by atoms with Crippen LogP contribution in [0.2, 0.25) is 5.02 Å². The third-order valence-corrected chi connectivity index (χ3v) is 6.37. The van der Waals surface area contributed by atoms with E-state index in [1.54, 1.807) is 24.3 Å². The lowest BCUT2D eigenvalue weighted by molar-refractivity contribution is -0.115. The first-order chi connectivity index (χ1) is 18.4. The standard InChI is InChI=1S/C28H29ClN4O4S/c1-2-17-36-23-8-5-20(6-9-23)27(35)33-15-13-32(14-16-33)25-11-7-21(19-24(25)29)30-28(38)31-26(34)12-10-22-4-3-18-37-22/h3-12,18-19H,2,13-17H2,1H3,(H2,30,31,34,38)/b12-10+. The van der Waals surface area contributed by atoms with E-state index in [2.05, 4.69) is 22.5 Å². The summed E-state index contributed by atoms with van der Waals surface area (Å²) in [6.45, 7) is 5.20. The maximum atomic E-state index is 12.9. The second-order valence-corrected chi connectivity index (χ2v) is 9.43. The second kappa shape index (κ2) is 13.1. The molecule has 198 valence electrons. The Bertz CT molecular complexity index is 1290. The van der Waals surface area contributed by atoms with Crippen LogP contribution in [0.1, 0.15) is 29.5 Å². The van der Waals surface area contributed by atoms with E-state index in [4.69, 9.17) is 33.0 Å². The summed E-state index contributed by atoms with van der Waals surface area (Å²) in [7, 11) is 0. The van der Waals surface area contributed by atoms with Crippen molar-refractivity contribution in [2.45, 2.75) is 13.3 Å². The lowest BCUT2D eigenvalue weighted by Gasteiger charge is -2.36. The minimum absolute atomic E-state index is 0.00639. The van der Waals surface area contributed by atoms with Crippen molar-refractivity contribution in [2.24, 2.45) is 0 Å². The van der Waals surface area contributed by atoms with Gasteiger partial charge in [0, 0.05) is 43.5 Å². The molecule has 1 saturated heterocycles. The zero-order chi connectivity index (χ0) is 26.9. The van der Waals surface area contributed by atoms with Gasteiger partial charge in [0.2, 0.25) is 5.91 Å². The molecule has 38 heavy (non-hydrogen) atoms. The van der Waals surface area contributed by atoms with Crippen LogP contribution in [0.5, 0.6) is 5.75 Å². The summed E-state index contributed by atoms with van der Waals surface area (Å²) in [5, 5.41) is 6.25. The third-order valence-electron chi connectivity index (χ3n) is 5.87. The van der Waals surface area contributed by atoms with Gasteiger partial charge in [0.1, 0.15) is 11.5 Å². The summed E-state index contributed by atoms with van der Waals surface area (Å²) in [6, 6.07) is 16.3. The number of rotatable bonds is 8. The minimum atomic E-state index is -0.380. The molecule has 0 atom stereocenters. The van der Waals surface area contributed by atoms with Gasteiger partial charge in [-0.3, -0.25) is 14.9 Å². The van der Waals surface area contributed by atoms with Crippen molar-refractivity contribution in [1.82, 2.24) is 10.2 Å². The quantitative estimate of drug-likeness (QED) is 0.293. The molecule has 3 aromatic rings. The van der Waals surface area contributed by atoms with Crippen molar-refractivity contribution in [3.63, 3.8) is 0 Å². The zero-order valence-corrected chi connectivity index (χ0v) is 22.6. The second-order valence-electron chi connectivity index (χ2n) is 8.61. The molecule has 10 heteroatoms. The highest BCUT2D eigenvalue weighted by Crippen LogP contribution is 2.30. The van der Waals surface area contributed by atoms with E-state index in [1.807, 2.05) is 41.3 Å². The van der Waals surface area contributed by atoms with E-state index in [9.17, 15) is 9.59 Å². The van der Waals surface area contributed by atoms with Gasteiger partial charge >= 0.3 is 0 Å². The van der Waals surface area contributed by atoms with E-state index in [-0.39, 0.29) is 16.9 Å². The van der Waals surface area contributed by atoms with Gasteiger partial charge in [0.05, 0.1) is 23.6 Å². The van der Waals surface area contributed by atoms with Gasteiger partial charge in [-0.25, -0.2) is 0 Å². The van der Waals surface area contributed by atoms with Gasteiger partial charge < -0.3 is 24.3 Å². The van der Waals surface area contributed by atoms with Gasteiger partial charge in [-0.05, 0) is 79.3 Å². The van der Waals surface area contributed by atoms with Crippen LogP contribution < -0.4 is 20.3 Å². The van der Waals surface area contributed by atoms with E-state index in [0.717, 1.165) is 17.9 Å². The van der Waals surface area contributed by atoms with Crippen molar-refractivity contribution >= 4 is 58.2 Å². The van der Waals surface area contributed by atoms with Gasteiger partial charge in [-0.2, -0.15) is 0 Å².